The summed E-state index contributed by atoms with van der Waals surface area (Å²) in [6.45, 7) is 6.58. The van der Waals surface area contributed by atoms with Crippen LogP contribution < -0.4 is 10.6 Å². The smallest absolute Gasteiger partial charge is 0.149 e. The minimum Gasteiger partial charge on any atom is -0.313 e. The van der Waals surface area contributed by atoms with Crippen LogP contribution in [0.1, 0.15) is 12.2 Å². The van der Waals surface area contributed by atoms with Gasteiger partial charge in [-0.05, 0) is 12.5 Å². The Labute approximate surface area is 89.8 Å². The van der Waals surface area contributed by atoms with Gasteiger partial charge in [0.25, 0.3) is 0 Å². The molecule has 1 aromatic heterocycles. The zero-order chi connectivity index (χ0) is 10.6. The van der Waals surface area contributed by atoms with E-state index in [4.69, 9.17) is 0 Å². The lowest BCUT2D eigenvalue weighted by Crippen LogP contribution is -2.57. The van der Waals surface area contributed by atoms with Crippen LogP contribution in [0.3, 0.4) is 0 Å². The monoisotopic (exact) mass is 204 g/mol. The standard InChI is InChI=1S/C11H16N4/c1-2-4-11(9-12-7-8-15-11)10-13-5-3-6-14-10/h2-3,5-6,12,15H,1,4,7-9H2. The van der Waals surface area contributed by atoms with Crippen molar-refractivity contribution in [3.05, 3.63) is 36.9 Å². The number of aromatic nitrogens is 2. The molecule has 0 radical (unpaired) electrons. The van der Waals surface area contributed by atoms with E-state index < -0.39 is 0 Å². The van der Waals surface area contributed by atoms with E-state index in [1.165, 1.54) is 0 Å². The summed E-state index contributed by atoms with van der Waals surface area (Å²) in [5, 5.41) is 6.86. The predicted octanol–water partition coefficient (Wildman–Crippen LogP) is 0.441. The van der Waals surface area contributed by atoms with Crippen LogP contribution in [0, 0.1) is 0 Å². The van der Waals surface area contributed by atoms with Crippen LogP contribution in [0.15, 0.2) is 31.1 Å². The molecule has 1 fully saturated rings. The third kappa shape index (κ3) is 2.06. The van der Waals surface area contributed by atoms with Crippen molar-refractivity contribution < 1.29 is 0 Å². The summed E-state index contributed by atoms with van der Waals surface area (Å²) in [6, 6.07) is 1.83. The lowest BCUT2D eigenvalue weighted by Gasteiger charge is -2.36. The molecule has 15 heavy (non-hydrogen) atoms. The van der Waals surface area contributed by atoms with Crippen LogP contribution in [-0.4, -0.2) is 29.6 Å². The Balaban J connectivity index is 2.29. The summed E-state index contributed by atoms with van der Waals surface area (Å²) >= 11 is 0. The van der Waals surface area contributed by atoms with E-state index in [1.807, 2.05) is 12.1 Å². The second-order valence-electron chi connectivity index (χ2n) is 3.75. The van der Waals surface area contributed by atoms with Crippen molar-refractivity contribution >= 4 is 0 Å². The Morgan fingerprint density at radius 3 is 2.80 bits per heavy atom. The molecule has 1 aliphatic heterocycles. The third-order valence-corrected chi connectivity index (χ3v) is 2.68. The van der Waals surface area contributed by atoms with Crippen molar-refractivity contribution in [2.45, 2.75) is 12.0 Å². The molecular weight excluding hydrogens is 188 g/mol. The summed E-state index contributed by atoms with van der Waals surface area (Å²) in [6.07, 6.45) is 6.31. The van der Waals surface area contributed by atoms with Crippen molar-refractivity contribution in [1.29, 1.82) is 0 Å². The SMILES string of the molecule is C=CCC1(c2ncccn2)CNCCN1. The molecule has 1 aromatic rings. The highest BCUT2D eigenvalue weighted by atomic mass is 15.1. The Hall–Kier alpha value is -1.26. The highest BCUT2D eigenvalue weighted by Gasteiger charge is 2.34. The maximum atomic E-state index is 4.33. The van der Waals surface area contributed by atoms with Crippen LogP contribution in [0.4, 0.5) is 0 Å². The van der Waals surface area contributed by atoms with Gasteiger partial charge in [0.05, 0.1) is 5.54 Å². The number of hydrogen-bond donors (Lipinski definition) is 2. The topological polar surface area (TPSA) is 49.8 Å². The molecule has 0 saturated carbocycles. The van der Waals surface area contributed by atoms with Crippen LogP contribution >= 0.6 is 0 Å². The molecule has 4 heteroatoms. The van der Waals surface area contributed by atoms with Gasteiger partial charge in [0.15, 0.2) is 0 Å². The molecular formula is C11H16N4. The fraction of sp³-hybridized carbons (Fsp3) is 0.455. The van der Waals surface area contributed by atoms with Crippen LogP contribution in [0.25, 0.3) is 0 Å². The Morgan fingerprint density at radius 2 is 2.20 bits per heavy atom. The van der Waals surface area contributed by atoms with E-state index in [2.05, 4.69) is 27.2 Å². The van der Waals surface area contributed by atoms with E-state index in [0.717, 1.165) is 31.9 Å². The van der Waals surface area contributed by atoms with Crippen molar-refractivity contribution in [3.8, 4) is 0 Å². The first-order valence-electron chi connectivity index (χ1n) is 5.21. The van der Waals surface area contributed by atoms with Gasteiger partial charge in [-0.1, -0.05) is 6.08 Å². The third-order valence-electron chi connectivity index (χ3n) is 2.68. The molecule has 1 aliphatic rings. The van der Waals surface area contributed by atoms with Gasteiger partial charge >= 0.3 is 0 Å². The number of nitrogens with zero attached hydrogens (tertiary/aromatic N) is 2. The Morgan fingerprint density at radius 1 is 1.40 bits per heavy atom. The number of rotatable bonds is 3. The summed E-state index contributed by atoms with van der Waals surface area (Å²) in [4.78, 5) is 8.66. The highest BCUT2D eigenvalue weighted by Crippen LogP contribution is 2.22. The summed E-state index contributed by atoms with van der Waals surface area (Å²) in [7, 11) is 0. The van der Waals surface area contributed by atoms with Gasteiger partial charge in [0.2, 0.25) is 0 Å². The van der Waals surface area contributed by atoms with Crippen molar-refractivity contribution in [3.63, 3.8) is 0 Å². The lowest BCUT2D eigenvalue weighted by atomic mass is 9.92. The van der Waals surface area contributed by atoms with Crippen LogP contribution in [0.2, 0.25) is 0 Å². The maximum absolute atomic E-state index is 4.33. The van der Waals surface area contributed by atoms with E-state index >= 15 is 0 Å². The van der Waals surface area contributed by atoms with Gasteiger partial charge in [-0.3, -0.25) is 0 Å². The average molecular weight is 204 g/mol. The molecule has 2 rings (SSSR count). The minimum absolute atomic E-state index is 0.179. The van der Waals surface area contributed by atoms with Crippen LogP contribution in [-0.2, 0) is 5.54 Å². The fourth-order valence-corrected chi connectivity index (χ4v) is 1.94. The molecule has 1 atom stereocenters. The summed E-state index contributed by atoms with van der Waals surface area (Å²) < 4.78 is 0. The van der Waals surface area contributed by atoms with Gasteiger partial charge in [0, 0.05) is 32.0 Å². The van der Waals surface area contributed by atoms with Crippen molar-refractivity contribution in [1.82, 2.24) is 20.6 Å². The normalized spacial score (nSPS) is 26.1. The van der Waals surface area contributed by atoms with Crippen LogP contribution in [0.5, 0.6) is 0 Å². The molecule has 1 saturated heterocycles. The minimum atomic E-state index is -0.179. The van der Waals surface area contributed by atoms with Gasteiger partial charge in [0.1, 0.15) is 5.82 Å². The van der Waals surface area contributed by atoms with Gasteiger partial charge in [-0.2, -0.15) is 0 Å². The second-order valence-corrected chi connectivity index (χ2v) is 3.75. The molecule has 0 amide bonds. The highest BCUT2D eigenvalue weighted by molar-refractivity contribution is 5.11. The quantitative estimate of drug-likeness (QED) is 0.701. The first kappa shape index (κ1) is 10.3. The van der Waals surface area contributed by atoms with Gasteiger partial charge < -0.3 is 10.6 Å². The molecule has 0 aliphatic carbocycles. The van der Waals surface area contributed by atoms with E-state index in [1.54, 1.807) is 12.4 Å². The maximum Gasteiger partial charge on any atom is 0.149 e. The molecule has 4 nitrogen and oxygen atoms in total. The first-order valence-corrected chi connectivity index (χ1v) is 5.21. The van der Waals surface area contributed by atoms with E-state index in [9.17, 15) is 0 Å². The summed E-state index contributed by atoms with van der Waals surface area (Å²) in [5.74, 6) is 0.845. The second kappa shape index (κ2) is 4.51. The Bertz CT molecular complexity index is 317. The van der Waals surface area contributed by atoms with Gasteiger partial charge in [-0.15, -0.1) is 6.58 Å². The molecule has 2 heterocycles. The predicted molar refractivity (Wildman–Crippen MR) is 59.4 cm³/mol. The fourth-order valence-electron chi connectivity index (χ4n) is 1.94. The van der Waals surface area contributed by atoms with E-state index in [-0.39, 0.29) is 5.54 Å². The molecule has 0 aromatic carbocycles. The molecule has 80 valence electrons. The first-order chi connectivity index (χ1) is 7.37. The van der Waals surface area contributed by atoms with Crippen molar-refractivity contribution in [2.75, 3.05) is 19.6 Å². The average Bonchev–Trinajstić information content (AvgIpc) is 2.32. The van der Waals surface area contributed by atoms with Gasteiger partial charge in [-0.25, -0.2) is 9.97 Å². The number of nitrogens with one attached hydrogen (secondary N) is 2. The number of piperazine rings is 1. The van der Waals surface area contributed by atoms with E-state index in [0.29, 0.717) is 0 Å². The van der Waals surface area contributed by atoms with Crippen molar-refractivity contribution in [2.24, 2.45) is 0 Å². The zero-order valence-electron chi connectivity index (χ0n) is 8.74. The molecule has 0 bridgehead atoms. The summed E-state index contributed by atoms with van der Waals surface area (Å²) in [5.41, 5.74) is -0.179. The number of hydrogen-bond acceptors (Lipinski definition) is 4. The lowest BCUT2D eigenvalue weighted by molar-refractivity contribution is 0.264. The molecule has 0 spiro atoms. The Kier molecular flexibility index (Phi) is 3.08. The molecule has 1 unspecified atom stereocenters. The zero-order valence-corrected chi connectivity index (χ0v) is 8.74. The molecule has 2 N–H and O–H groups in total. The largest absolute Gasteiger partial charge is 0.313 e.